The number of nitrogens with one attached hydrogen (secondary N) is 1. The number of nitrogens with zero attached hydrogens (tertiary/aromatic N) is 3. The third-order valence-corrected chi connectivity index (χ3v) is 4.68. The average molecular weight is 358 g/mol. The summed E-state index contributed by atoms with van der Waals surface area (Å²) in [4.78, 5) is 11.0. The summed E-state index contributed by atoms with van der Waals surface area (Å²) in [6.45, 7) is 3.41. The molecule has 1 saturated carbocycles. The van der Waals surface area contributed by atoms with E-state index in [1.165, 1.54) is 44.2 Å². The molecular weight excluding hydrogens is 331 g/mol. The summed E-state index contributed by atoms with van der Waals surface area (Å²) in [6.07, 6.45) is 8.23. The minimum Gasteiger partial charge on any atom is -0.378 e. The van der Waals surface area contributed by atoms with E-state index in [9.17, 15) is 4.39 Å². The first-order valence-corrected chi connectivity index (χ1v) is 9.43. The minimum atomic E-state index is -0.178. The number of rotatable bonds is 3. The first-order chi connectivity index (χ1) is 12.8. The van der Waals surface area contributed by atoms with E-state index in [1.54, 1.807) is 24.5 Å². The van der Waals surface area contributed by atoms with E-state index in [0.29, 0.717) is 6.04 Å². The number of morpholine rings is 1. The standard InChI is InChI=1S/C14H22N4O.C6H5F/c1-2-4-12(5-3-1)17-13-10-14(16-11-15-13)18-6-8-19-9-7-18;7-6-4-2-1-3-5-6/h10-12H,1-9H2,(H,15,16,17);1-5H. The second-order valence-electron chi connectivity index (χ2n) is 6.64. The fourth-order valence-electron chi connectivity index (χ4n) is 3.26. The van der Waals surface area contributed by atoms with Gasteiger partial charge in [-0.05, 0) is 25.0 Å². The molecule has 0 unspecified atom stereocenters. The number of anilines is 2. The zero-order chi connectivity index (χ0) is 18.0. The van der Waals surface area contributed by atoms with Crippen LogP contribution in [-0.2, 0) is 4.74 Å². The van der Waals surface area contributed by atoms with E-state index in [2.05, 4.69) is 26.3 Å². The lowest BCUT2D eigenvalue weighted by molar-refractivity contribution is 0.122. The lowest BCUT2D eigenvalue weighted by Gasteiger charge is -2.28. The lowest BCUT2D eigenvalue weighted by atomic mass is 9.95. The third-order valence-electron chi connectivity index (χ3n) is 4.68. The van der Waals surface area contributed by atoms with Crippen molar-refractivity contribution in [3.63, 3.8) is 0 Å². The Morgan fingerprint density at radius 2 is 1.73 bits per heavy atom. The highest BCUT2D eigenvalue weighted by Crippen LogP contribution is 2.22. The van der Waals surface area contributed by atoms with Crippen LogP contribution in [0.1, 0.15) is 32.1 Å². The first-order valence-electron chi connectivity index (χ1n) is 9.43. The van der Waals surface area contributed by atoms with E-state index in [4.69, 9.17) is 4.74 Å². The largest absolute Gasteiger partial charge is 0.378 e. The predicted molar refractivity (Wildman–Crippen MR) is 102 cm³/mol. The topological polar surface area (TPSA) is 50.3 Å². The van der Waals surface area contributed by atoms with Crippen LogP contribution in [-0.4, -0.2) is 42.3 Å². The quantitative estimate of drug-likeness (QED) is 0.902. The molecule has 4 rings (SSSR count). The molecule has 140 valence electrons. The van der Waals surface area contributed by atoms with Gasteiger partial charge in [0.2, 0.25) is 0 Å². The van der Waals surface area contributed by atoms with Crippen LogP contribution in [0.3, 0.4) is 0 Å². The average Bonchev–Trinajstić information content (AvgIpc) is 2.71. The van der Waals surface area contributed by atoms with Crippen molar-refractivity contribution in [1.82, 2.24) is 9.97 Å². The summed E-state index contributed by atoms with van der Waals surface area (Å²) in [6, 6.07) is 10.6. The molecule has 1 aliphatic heterocycles. The Hall–Kier alpha value is -2.21. The molecule has 1 saturated heterocycles. The maximum absolute atomic E-state index is 11.9. The highest BCUT2D eigenvalue weighted by Gasteiger charge is 2.16. The summed E-state index contributed by atoms with van der Waals surface area (Å²) < 4.78 is 17.3. The van der Waals surface area contributed by atoms with Gasteiger partial charge in [-0.25, -0.2) is 14.4 Å². The normalized spacial score (nSPS) is 18.0. The second-order valence-corrected chi connectivity index (χ2v) is 6.64. The molecule has 1 aromatic carbocycles. The van der Waals surface area contributed by atoms with Gasteiger partial charge in [0, 0.05) is 25.2 Å². The predicted octanol–water partition coefficient (Wildman–Crippen LogP) is 3.88. The summed E-state index contributed by atoms with van der Waals surface area (Å²) in [7, 11) is 0. The van der Waals surface area contributed by atoms with Gasteiger partial charge in [-0.1, -0.05) is 37.5 Å². The van der Waals surface area contributed by atoms with Gasteiger partial charge in [0.25, 0.3) is 0 Å². The van der Waals surface area contributed by atoms with Crippen LogP contribution in [0.25, 0.3) is 0 Å². The summed E-state index contributed by atoms with van der Waals surface area (Å²) >= 11 is 0. The molecule has 1 N–H and O–H groups in total. The van der Waals surface area contributed by atoms with Gasteiger partial charge in [-0.2, -0.15) is 0 Å². The van der Waals surface area contributed by atoms with Gasteiger partial charge >= 0.3 is 0 Å². The van der Waals surface area contributed by atoms with E-state index in [0.717, 1.165) is 37.9 Å². The van der Waals surface area contributed by atoms with E-state index >= 15 is 0 Å². The Morgan fingerprint density at radius 1 is 1.00 bits per heavy atom. The first kappa shape index (κ1) is 18.6. The Labute approximate surface area is 154 Å². The molecule has 6 heteroatoms. The molecule has 2 heterocycles. The van der Waals surface area contributed by atoms with Gasteiger partial charge < -0.3 is 15.0 Å². The van der Waals surface area contributed by atoms with Gasteiger partial charge in [0.1, 0.15) is 23.8 Å². The molecule has 2 aliphatic rings. The number of aromatic nitrogens is 2. The van der Waals surface area contributed by atoms with Crippen LogP contribution in [0, 0.1) is 5.82 Å². The second kappa shape index (κ2) is 10.1. The summed E-state index contributed by atoms with van der Waals surface area (Å²) in [5.41, 5.74) is 0. The number of hydrogen-bond acceptors (Lipinski definition) is 5. The SMILES string of the molecule is Fc1ccccc1.c1nc(NC2CCCCC2)cc(N2CCOCC2)n1. The van der Waals surface area contributed by atoms with Crippen molar-refractivity contribution < 1.29 is 9.13 Å². The van der Waals surface area contributed by atoms with Crippen LogP contribution >= 0.6 is 0 Å². The molecule has 1 aliphatic carbocycles. The van der Waals surface area contributed by atoms with Gasteiger partial charge in [-0.3, -0.25) is 0 Å². The zero-order valence-corrected chi connectivity index (χ0v) is 15.1. The molecule has 0 spiro atoms. The van der Waals surface area contributed by atoms with Crippen LogP contribution in [0.15, 0.2) is 42.7 Å². The monoisotopic (exact) mass is 358 g/mol. The minimum absolute atomic E-state index is 0.178. The lowest BCUT2D eigenvalue weighted by Crippen LogP contribution is -2.36. The maximum atomic E-state index is 11.9. The van der Waals surface area contributed by atoms with Crippen molar-refractivity contribution in [2.45, 2.75) is 38.1 Å². The molecule has 1 aromatic heterocycles. The fraction of sp³-hybridized carbons (Fsp3) is 0.500. The molecular formula is C20H27FN4O. The third kappa shape index (κ3) is 5.95. The van der Waals surface area contributed by atoms with Crippen LogP contribution in [0.2, 0.25) is 0 Å². The maximum Gasteiger partial charge on any atom is 0.134 e. The summed E-state index contributed by atoms with van der Waals surface area (Å²) in [5.74, 6) is 1.79. The fourth-order valence-corrected chi connectivity index (χ4v) is 3.26. The van der Waals surface area contributed by atoms with Crippen molar-refractivity contribution >= 4 is 11.6 Å². The van der Waals surface area contributed by atoms with Crippen LogP contribution in [0.5, 0.6) is 0 Å². The van der Waals surface area contributed by atoms with Crippen molar-refractivity contribution in [3.05, 3.63) is 48.5 Å². The Kier molecular flexibility index (Phi) is 7.19. The number of hydrogen-bond donors (Lipinski definition) is 1. The van der Waals surface area contributed by atoms with E-state index in [-0.39, 0.29) is 5.82 Å². The number of halogens is 1. The Bertz CT molecular complexity index is 643. The highest BCUT2D eigenvalue weighted by molar-refractivity contribution is 5.49. The molecule has 5 nitrogen and oxygen atoms in total. The molecule has 26 heavy (non-hydrogen) atoms. The number of benzene rings is 1. The molecule has 2 fully saturated rings. The highest BCUT2D eigenvalue weighted by atomic mass is 19.1. The number of ether oxygens (including phenoxy) is 1. The molecule has 2 aromatic rings. The van der Waals surface area contributed by atoms with Gasteiger partial charge in [0.15, 0.2) is 0 Å². The van der Waals surface area contributed by atoms with Crippen molar-refractivity contribution in [3.8, 4) is 0 Å². The van der Waals surface area contributed by atoms with Crippen molar-refractivity contribution in [2.24, 2.45) is 0 Å². The Morgan fingerprint density at radius 3 is 2.38 bits per heavy atom. The van der Waals surface area contributed by atoms with Crippen molar-refractivity contribution in [1.29, 1.82) is 0 Å². The molecule has 0 atom stereocenters. The molecule has 0 radical (unpaired) electrons. The van der Waals surface area contributed by atoms with Crippen molar-refractivity contribution in [2.75, 3.05) is 36.5 Å². The molecule has 0 amide bonds. The van der Waals surface area contributed by atoms with E-state index < -0.39 is 0 Å². The Balaban J connectivity index is 0.000000236. The smallest absolute Gasteiger partial charge is 0.134 e. The van der Waals surface area contributed by atoms with E-state index in [1.807, 2.05) is 0 Å². The molecule has 0 bridgehead atoms. The summed E-state index contributed by atoms with van der Waals surface area (Å²) in [5, 5.41) is 3.55. The zero-order valence-electron chi connectivity index (χ0n) is 15.1. The van der Waals surface area contributed by atoms with Crippen LogP contribution < -0.4 is 10.2 Å². The van der Waals surface area contributed by atoms with Gasteiger partial charge in [-0.15, -0.1) is 0 Å². The van der Waals surface area contributed by atoms with Gasteiger partial charge in [0.05, 0.1) is 13.2 Å². The van der Waals surface area contributed by atoms with Crippen LogP contribution in [0.4, 0.5) is 16.0 Å².